The molecule has 0 aliphatic carbocycles. The molecule has 0 saturated carbocycles. The number of imide groups is 1. The SMILES string of the molecule is COc1cccc(-c2nnc(S[C@H](C)C(=O)NC(N)=O)n2Cc2ccco2)c1. The van der Waals surface area contributed by atoms with E-state index in [1.54, 1.807) is 26.4 Å². The van der Waals surface area contributed by atoms with Crippen molar-refractivity contribution in [2.24, 2.45) is 5.73 Å². The fourth-order valence-electron chi connectivity index (χ4n) is 2.49. The van der Waals surface area contributed by atoms with Crippen molar-refractivity contribution in [3.63, 3.8) is 0 Å². The zero-order valence-electron chi connectivity index (χ0n) is 15.3. The van der Waals surface area contributed by atoms with Crippen molar-refractivity contribution in [3.05, 3.63) is 48.4 Å². The van der Waals surface area contributed by atoms with E-state index in [4.69, 9.17) is 14.9 Å². The summed E-state index contributed by atoms with van der Waals surface area (Å²) >= 11 is 1.16. The van der Waals surface area contributed by atoms with Gasteiger partial charge in [0.05, 0.1) is 25.2 Å². The van der Waals surface area contributed by atoms with Crippen molar-refractivity contribution < 1.29 is 18.7 Å². The maximum absolute atomic E-state index is 12.0. The number of carbonyl (C=O) groups is 2. The second-order valence-electron chi connectivity index (χ2n) is 5.82. The molecule has 28 heavy (non-hydrogen) atoms. The standard InChI is InChI=1S/C18H19N5O4S/c1-11(16(24)20-17(19)25)28-18-22-21-15(12-5-3-6-13(9-12)26-2)23(18)10-14-7-4-8-27-14/h3-9,11H,10H2,1-2H3,(H3,19,20,24,25)/t11-/m1/s1. The van der Waals surface area contributed by atoms with E-state index in [2.05, 4.69) is 15.5 Å². The highest BCUT2D eigenvalue weighted by Crippen LogP contribution is 2.29. The number of rotatable bonds is 7. The summed E-state index contributed by atoms with van der Waals surface area (Å²) in [4.78, 5) is 22.9. The Morgan fingerprint density at radius 1 is 1.32 bits per heavy atom. The second-order valence-corrected chi connectivity index (χ2v) is 7.13. The van der Waals surface area contributed by atoms with Gasteiger partial charge in [-0.25, -0.2) is 4.79 Å². The van der Waals surface area contributed by atoms with E-state index >= 15 is 0 Å². The van der Waals surface area contributed by atoms with Crippen LogP contribution in [0.4, 0.5) is 4.79 Å². The summed E-state index contributed by atoms with van der Waals surface area (Å²) in [5, 5.41) is 10.5. The summed E-state index contributed by atoms with van der Waals surface area (Å²) in [6.07, 6.45) is 1.58. The van der Waals surface area contributed by atoms with Crippen molar-refractivity contribution in [2.75, 3.05) is 7.11 Å². The van der Waals surface area contributed by atoms with Gasteiger partial charge in [-0.3, -0.25) is 14.7 Å². The molecule has 1 atom stereocenters. The van der Waals surface area contributed by atoms with Crippen LogP contribution in [-0.4, -0.2) is 39.1 Å². The highest BCUT2D eigenvalue weighted by Gasteiger charge is 2.22. The summed E-state index contributed by atoms with van der Waals surface area (Å²) in [5.74, 6) is 1.49. The molecule has 0 aliphatic heterocycles. The molecular formula is C18H19N5O4S. The van der Waals surface area contributed by atoms with E-state index in [9.17, 15) is 9.59 Å². The lowest BCUT2D eigenvalue weighted by molar-refractivity contribution is -0.119. The zero-order chi connectivity index (χ0) is 20.1. The number of nitrogens with one attached hydrogen (secondary N) is 1. The van der Waals surface area contributed by atoms with Crippen LogP contribution in [0.1, 0.15) is 12.7 Å². The number of furan rings is 1. The van der Waals surface area contributed by atoms with Crippen LogP contribution in [0, 0.1) is 0 Å². The Morgan fingerprint density at radius 3 is 2.82 bits per heavy atom. The number of carbonyl (C=O) groups excluding carboxylic acids is 2. The fourth-order valence-corrected chi connectivity index (χ4v) is 3.34. The van der Waals surface area contributed by atoms with Crippen LogP contribution in [-0.2, 0) is 11.3 Å². The van der Waals surface area contributed by atoms with Crippen LogP contribution in [0.25, 0.3) is 11.4 Å². The molecule has 0 spiro atoms. The molecule has 2 aromatic heterocycles. The lowest BCUT2D eigenvalue weighted by Gasteiger charge is -2.12. The number of thioether (sulfide) groups is 1. The molecule has 3 aromatic rings. The first kappa shape index (κ1) is 19.5. The Hall–Kier alpha value is -3.27. The fraction of sp³-hybridized carbons (Fsp3) is 0.222. The molecule has 3 N–H and O–H groups in total. The van der Waals surface area contributed by atoms with Crippen LogP contribution < -0.4 is 15.8 Å². The number of nitrogens with two attached hydrogens (primary N) is 1. The number of urea groups is 1. The first-order chi connectivity index (χ1) is 13.5. The summed E-state index contributed by atoms with van der Waals surface area (Å²) < 4.78 is 12.6. The summed E-state index contributed by atoms with van der Waals surface area (Å²) in [6.45, 7) is 2.03. The van der Waals surface area contributed by atoms with E-state index in [-0.39, 0.29) is 0 Å². The quantitative estimate of drug-likeness (QED) is 0.582. The van der Waals surface area contributed by atoms with Crippen molar-refractivity contribution in [1.29, 1.82) is 0 Å². The first-order valence-corrected chi connectivity index (χ1v) is 9.23. The molecule has 0 saturated heterocycles. The van der Waals surface area contributed by atoms with Crippen LogP contribution in [0.15, 0.2) is 52.2 Å². The number of benzene rings is 1. The summed E-state index contributed by atoms with van der Waals surface area (Å²) in [5.41, 5.74) is 5.82. The predicted molar refractivity (Wildman–Crippen MR) is 103 cm³/mol. The van der Waals surface area contributed by atoms with Gasteiger partial charge < -0.3 is 14.9 Å². The number of nitrogens with zero attached hydrogens (tertiary/aromatic N) is 3. The van der Waals surface area contributed by atoms with E-state index < -0.39 is 17.2 Å². The van der Waals surface area contributed by atoms with Crippen LogP contribution >= 0.6 is 11.8 Å². The van der Waals surface area contributed by atoms with E-state index in [1.165, 1.54) is 0 Å². The highest BCUT2D eigenvalue weighted by atomic mass is 32.2. The van der Waals surface area contributed by atoms with Gasteiger partial charge >= 0.3 is 6.03 Å². The zero-order valence-corrected chi connectivity index (χ0v) is 16.1. The van der Waals surface area contributed by atoms with Crippen molar-refractivity contribution >= 4 is 23.7 Å². The number of methoxy groups -OCH3 is 1. The number of ether oxygens (including phenoxy) is 1. The molecular weight excluding hydrogens is 382 g/mol. The highest BCUT2D eigenvalue weighted by molar-refractivity contribution is 8.00. The Bertz CT molecular complexity index is 970. The molecule has 3 amide bonds. The van der Waals surface area contributed by atoms with E-state index in [0.29, 0.717) is 29.0 Å². The molecule has 0 radical (unpaired) electrons. The minimum Gasteiger partial charge on any atom is -0.497 e. The average molecular weight is 401 g/mol. The van der Waals surface area contributed by atoms with Gasteiger partial charge in [-0.05, 0) is 31.2 Å². The first-order valence-electron chi connectivity index (χ1n) is 8.35. The minimum atomic E-state index is -0.897. The minimum absolute atomic E-state index is 0.374. The smallest absolute Gasteiger partial charge is 0.318 e. The largest absolute Gasteiger partial charge is 0.497 e. The average Bonchev–Trinajstić information content (AvgIpc) is 3.32. The lowest BCUT2D eigenvalue weighted by atomic mass is 10.2. The number of aromatic nitrogens is 3. The van der Waals surface area contributed by atoms with Gasteiger partial charge in [-0.15, -0.1) is 10.2 Å². The molecule has 3 rings (SSSR count). The molecule has 0 aliphatic rings. The van der Waals surface area contributed by atoms with E-state index in [0.717, 1.165) is 17.3 Å². The third-order valence-electron chi connectivity index (χ3n) is 3.84. The van der Waals surface area contributed by atoms with Gasteiger partial charge in [0.2, 0.25) is 5.91 Å². The van der Waals surface area contributed by atoms with Crippen molar-refractivity contribution in [2.45, 2.75) is 23.9 Å². The number of primary amides is 1. The Kier molecular flexibility index (Phi) is 5.99. The van der Waals surface area contributed by atoms with Gasteiger partial charge in [-0.2, -0.15) is 0 Å². The van der Waals surface area contributed by atoms with Gasteiger partial charge in [0.1, 0.15) is 11.5 Å². The summed E-state index contributed by atoms with van der Waals surface area (Å²) in [6, 6.07) is 10.2. The van der Waals surface area contributed by atoms with Gasteiger partial charge in [0, 0.05) is 5.56 Å². The lowest BCUT2D eigenvalue weighted by Crippen LogP contribution is -2.39. The Labute approximate surface area is 165 Å². The molecule has 0 bridgehead atoms. The number of amides is 3. The van der Waals surface area contributed by atoms with Crippen molar-refractivity contribution in [3.8, 4) is 17.1 Å². The molecule has 1 aromatic carbocycles. The maximum atomic E-state index is 12.0. The van der Waals surface area contributed by atoms with Crippen LogP contribution in [0.5, 0.6) is 5.75 Å². The monoisotopic (exact) mass is 401 g/mol. The van der Waals surface area contributed by atoms with Crippen molar-refractivity contribution in [1.82, 2.24) is 20.1 Å². The van der Waals surface area contributed by atoms with Gasteiger partial charge in [-0.1, -0.05) is 23.9 Å². The third kappa shape index (κ3) is 4.52. The van der Waals surface area contributed by atoms with Gasteiger partial charge in [0.25, 0.3) is 0 Å². The van der Waals surface area contributed by atoms with Crippen LogP contribution in [0.2, 0.25) is 0 Å². The van der Waals surface area contributed by atoms with Gasteiger partial charge in [0.15, 0.2) is 11.0 Å². The normalized spacial score (nSPS) is 11.8. The Morgan fingerprint density at radius 2 is 2.14 bits per heavy atom. The molecule has 0 fully saturated rings. The topological polar surface area (TPSA) is 125 Å². The Balaban J connectivity index is 1.94. The second kappa shape index (κ2) is 8.61. The third-order valence-corrected chi connectivity index (χ3v) is 4.92. The van der Waals surface area contributed by atoms with Crippen LogP contribution in [0.3, 0.4) is 0 Å². The summed E-state index contributed by atoms with van der Waals surface area (Å²) in [7, 11) is 1.59. The molecule has 2 heterocycles. The number of hydrogen-bond donors (Lipinski definition) is 2. The predicted octanol–water partition coefficient (Wildman–Crippen LogP) is 2.27. The molecule has 146 valence electrons. The molecule has 0 unspecified atom stereocenters. The maximum Gasteiger partial charge on any atom is 0.318 e. The molecule has 9 nitrogen and oxygen atoms in total. The molecule has 10 heteroatoms. The number of hydrogen-bond acceptors (Lipinski definition) is 7. The van der Waals surface area contributed by atoms with E-state index in [1.807, 2.05) is 34.9 Å².